The molecule has 1 saturated heterocycles. The summed E-state index contributed by atoms with van der Waals surface area (Å²) in [6.45, 7) is 5.48. The number of esters is 1. The van der Waals surface area contributed by atoms with Crippen LogP contribution >= 0.6 is 11.3 Å². The van der Waals surface area contributed by atoms with Gasteiger partial charge in [-0.25, -0.2) is 0 Å². The molecule has 1 fully saturated rings. The molecule has 3 rings (SSSR count). The van der Waals surface area contributed by atoms with Crippen LogP contribution in [-0.4, -0.2) is 28.0 Å². The molecule has 1 N–H and O–H groups in total. The van der Waals surface area contributed by atoms with E-state index in [-0.39, 0.29) is 29.6 Å². The fourth-order valence-electron chi connectivity index (χ4n) is 3.29. The van der Waals surface area contributed by atoms with Gasteiger partial charge < -0.3 is 4.74 Å². The second-order valence-corrected chi connectivity index (χ2v) is 8.94. The van der Waals surface area contributed by atoms with Crippen molar-refractivity contribution in [1.29, 1.82) is 0 Å². The number of amides is 2. The summed E-state index contributed by atoms with van der Waals surface area (Å²) in [6, 6.07) is 4.86. The number of fused-ring (bicyclic) bond motifs is 1. The zero-order valence-electron chi connectivity index (χ0n) is 16.2. The van der Waals surface area contributed by atoms with Gasteiger partial charge >= 0.3 is 10.8 Å². The molecule has 1 aromatic heterocycles. The highest BCUT2D eigenvalue weighted by atomic mass is 32.1. The van der Waals surface area contributed by atoms with E-state index in [1.54, 1.807) is 6.07 Å². The summed E-state index contributed by atoms with van der Waals surface area (Å²) in [6.07, 6.45) is 2.05. The van der Waals surface area contributed by atoms with Gasteiger partial charge in [-0.1, -0.05) is 17.4 Å². The third kappa shape index (κ3) is 4.67. The van der Waals surface area contributed by atoms with Gasteiger partial charge in [-0.2, -0.15) is 0 Å². The number of hydrogen-bond donors (Lipinski definition) is 1. The van der Waals surface area contributed by atoms with Crippen molar-refractivity contribution < 1.29 is 19.1 Å². The van der Waals surface area contributed by atoms with Crippen LogP contribution in [0.25, 0.3) is 10.2 Å². The normalized spacial score (nSPS) is 18.0. The van der Waals surface area contributed by atoms with Crippen LogP contribution in [0, 0.1) is 0 Å². The molecule has 8 heteroatoms. The highest BCUT2D eigenvalue weighted by Gasteiger charge is 2.28. The number of ether oxygens (including phenoxy) is 1. The van der Waals surface area contributed by atoms with Gasteiger partial charge in [-0.15, -0.1) is 0 Å². The lowest BCUT2D eigenvalue weighted by Gasteiger charge is -2.19. The first-order valence-corrected chi connectivity index (χ1v) is 10.2. The smallest absolute Gasteiger partial charge is 0.308 e. The summed E-state index contributed by atoms with van der Waals surface area (Å²) in [5.41, 5.74) is 1.08. The Balaban J connectivity index is 1.81. The van der Waals surface area contributed by atoms with Gasteiger partial charge in [-0.3, -0.25) is 29.1 Å². The Hall–Kier alpha value is -2.48. The van der Waals surface area contributed by atoms with Crippen LogP contribution in [0.5, 0.6) is 0 Å². The predicted octanol–water partition coefficient (Wildman–Crippen LogP) is 2.71. The molecule has 7 nitrogen and oxygen atoms in total. The molecule has 0 spiro atoms. The van der Waals surface area contributed by atoms with E-state index in [1.807, 2.05) is 32.9 Å². The lowest BCUT2D eigenvalue weighted by Crippen LogP contribution is -2.36. The SMILES string of the molecule is CC(C)(C)OC(=O)CCc1ccc2c(c1)sc(=O)n2C1CCCC(=O)NC1=O. The Bertz CT molecular complexity index is 983. The van der Waals surface area contributed by atoms with Crippen molar-refractivity contribution in [2.45, 2.75) is 64.5 Å². The van der Waals surface area contributed by atoms with Crippen molar-refractivity contribution in [3.63, 3.8) is 0 Å². The van der Waals surface area contributed by atoms with Crippen LogP contribution < -0.4 is 10.2 Å². The molecule has 28 heavy (non-hydrogen) atoms. The number of carbonyl (C=O) groups excluding carboxylic acids is 3. The number of nitrogens with one attached hydrogen (secondary N) is 1. The van der Waals surface area contributed by atoms with Crippen LogP contribution in [0.4, 0.5) is 0 Å². The third-order valence-corrected chi connectivity index (χ3v) is 5.39. The van der Waals surface area contributed by atoms with E-state index >= 15 is 0 Å². The molecule has 1 aliphatic heterocycles. The second kappa shape index (κ2) is 7.87. The van der Waals surface area contributed by atoms with Crippen molar-refractivity contribution >= 4 is 39.3 Å². The van der Waals surface area contributed by atoms with E-state index in [1.165, 1.54) is 4.57 Å². The van der Waals surface area contributed by atoms with Gasteiger partial charge in [0.05, 0.1) is 10.2 Å². The average molecular weight is 404 g/mol. The molecule has 0 aliphatic carbocycles. The highest BCUT2D eigenvalue weighted by molar-refractivity contribution is 7.16. The van der Waals surface area contributed by atoms with Crippen molar-refractivity contribution in [1.82, 2.24) is 9.88 Å². The van der Waals surface area contributed by atoms with Crippen molar-refractivity contribution in [3.05, 3.63) is 33.4 Å². The van der Waals surface area contributed by atoms with Crippen LogP contribution in [0.3, 0.4) is 0 Å². The van der Waals surface area contributed by atoms with E-state index in [0.29, 0.717) is 24.8 Å². The Kier molecular flexibility index (Phi) is 5.69. The Morgan fingerprint density at radius 2 is 2.04 bits per heavy atom. The van der Waals surface area contributed by atoms with Gasteiger partial charge in [-0.05, 0) is 57.7 Å². The molecular weight excluding hydrogens is 380 g/mol. The van der Waals surface area contributed by atoms with Crippen molar-refractivity contribution in [2.24, 2.45) is 0 Å². The van der Waals surface area contributed by atoms with E-state index in [4.69, 9.17) is 4.74 Å². The maximum atomic E-state index is 12.6. The first kappa shape index (κ1) is 20.3. The van der Waals surface area contributed by atoms with E-state index in [9.17, 15) is 19.2 Å². The van der Waals surface area contributed by atoms with E-state index < -0.39 is 17.6 Å². The first-order valence-electron chi connectivity index (χ1n) is 9.33. The average Bonchev–Trinajstić information content (AvgIpc) is 2.80. The molecule has 150 valence electrons. The highest BCUT2D eigenvalue weighted by Crippen LogP contribution is 2.26. The lowest BCUT2D eigenvalue weighted by molar-refractivity contribution is -0.154. The standard InChI is InChI=1S/C20H24N2O5S/c1-20(2,3)27-17(24)10-8-12-7-9-13-15(11-12)28-19(26)22(13)14-5-4-6-16(23)21-18(14)25/h7,9,11,14H,4-6,8,10H2,1-3H3,(H,21,23,25). The molecule has 1 atom stereocenters. The number of aryl methyl sites for hydroxylation is 1. The van der Waals surface area contributed by atoms with Gasteiger partial charge in [0.15, 0.2) is 0 Å². The summed E-state index contributed by atoms with van der Waals surface area (Å²) in [5.74, 6) is -0.999. The summed E-state index contributed by atoms with van der Waals surface area (Å²) < 4.78 is 7.56. The van der Waals surface area contributed by atoms with Gasteiger partial charge in [0, 0.05) is 12.8 Å². The Morgan fingerprint density at radius 3 is 2.75 bits per heavy atom. The number of rotatable bonds is 4. The molecule has 2 amide bonds. The largest absolute Gasteiger partial charge is 0.460 e. The minimum absolute atomic E-state index is 0.228. The number of hydrogen-bond acceptors (Lipinski definition) is 6. The topological polar surface area (TPSA) is 94.5 Å². The molecule has 1 aromatic carbocycles. The first-order chi connectivity index (χ1) is 13.1. The number of aromatic nitrogens is 1. The molecule has 0 saturated carbocycles. The minimum Gasteiger partial charge on any atom is -0.460 e. The number of thiazole rings is 1. The van der Waals surface area contributed by atoms with E-state index in [2.05, 4.69) is 5.32 Å². The minimum atomic E-state index is -0.680. The molecule has 1 aliphatic rings. The van der Waals surface area contributed by atoms with Crippen molar-refractivity contribution in [3.8, 4) is 0 Å². The van der Waals surface area contributed by atoms with E-state index in [0.717, 1.165) is 21.6 Å². The molecule has 0 bridgehead atoms. The van der Waals surface area contributed by atoms with Gasteiger partial charge in [0.25, 0.3) is 0 Å². The molecule has 2 heterocycles. The van der Waals surface area contributed by atoms with Crippen LogP contribution in [0.1, 0.15) is 58.1 Å². The maximum Gasteiger partial charge on any atom is 0.308 e. The summed E-state index contributed by atoms with van der Waals surface area (Å²) in [4.78, 5) is 48.1. The molecule has 0 radical (unpaired) electrons. The summed E-state index contributed by atoms with van der Waals surface area (Å²) in [5, 5.41) is 2.35. The number of carbonyl (C=O) groups is 3. The molecule has 1 unspecified atom stereocenters. The maximum absolute atomic E-state index is 12.6. The zero-order chi connectivity index (χ0) is 20.5. The quantitative estimate of drug-likeness (QED) is 0.625. The van der Waals surface area contributed by atoms with Gasteiger partial charge in [0.2, 0.25) is 11.8 Å². The fourth-order valence-corrected chi connectivity index (χ4v) is 4.28. The molecule has 2 aromatic rings. The Morgan fingerprint density at radius 1 is 1.29 bits per heavy atom. The summed E-state index contributed by atoms with van der Waals surface area (Å²) >= 11 is 1.07. The zero-order valence-corrected chi connectivity index (χ0v) is 17.1. The fraction of sp³-hybridized carbons (Fsp3) is 0.500. The van der Waals surface area contributed by atoms with Crippen molar-refractivity contribution in [2.75, 3.05) is 0 Å². The monoisotopic (exact) mass is 404 g/mol. The van der Waals surface area contributed by atoms with Crippen LogP contribution in [0.2, 0.25) is 0 Å². The Labute approximate surface area is 166 Å². The van der Waals surface area contributed by atoms with Crippen LogP contribution in [0.15, 0.2) is 23.0 Å². The number of nitrogens with zero attached hydrogens (tertiary/aromatic N) is 1. The van der Waals surface area contributed by atoms with Crippen LogP contribution in [-0.2, 0) is 25.5 Å². The molecular formula is C20H24N2O5S. The number of benzene rings is 1. The second-order valence-electron chi connectivity index (χ2n) is 7.95. The third-order valence-electron chi connectivity index (χ3n) is 4.47. The summed E-state index contributed by atoms with van der Waals surface area (Å²) in [7, 11) is 0. The predicted molar refractivity (Wildman–Crippen MR) is 106 cm³/mol. The lowest BCUT2D eigenvalue weighted by atomic mass is 10.1. The number of imide groups is 1. The van der Waals surface area contributed by atoms with Gasteiger partial charge in [0.1, 0.15) is 11.6 Å².